The topological polar surface area (TPSA) is 39.1 Å². The number of nitrogens with one attached hydrogen (secondary N) is 1. The minimum Gasteiger partial charge on any atom is -0.365 e. The lowest BCUT2D eigenvalue weighted by molar-refractivity contribution is 0.235. The summed E-state index contributed by atoms with van der Waals surface area (Å²) in [5, 5.41) is 12.4. The number of hydrogen-bond acceptors (Lipinski definition) is 3. The van der Waals surface area contributed by atoms with Crippen molar-refractivity contribution in [1.29, 1.82) is 5.26 Å². The number of piperidine rings is 1. The first-order valence-electron chi connectivity index (χ1n) is 5.78. The van der Waals surface area contributed by atoms with E-state index in [2.05, 4.69) is 16.3 Å². The maximum Gasteiger partial charge on any atom is 0.146 e. The summed E-state index contributed by atoms with van der Waals surface area (Å²) in [4.78, 5) is 2.18. The van der Waals surface area contributed by atoms with Gasteiger partial charge in [0.1, 0.15) is 11.4 Å². The zero-order valence-corrected chi connectivity index (χ0v) is 9.91. The number of anilines is 1. The number of hydrogen-bond donors (Lipinski definition) is 1. The normalized spacial score (nSPS) is 19.6. The molecule has 1 aliphatic heterocycles. The fraction of sp³-hybridized carbons (Fsp3) is 0.462. The second kappa shape index (κ2) is 4.72. The van der Waals surface area contributed by atoms with E-state index in [-0.39, 0.29) is 5.82 Å². The molecule has 1 aromatic carbocycles. The summed E-state index contributed by atoms with van der Waals surface area (Å²) in [6.45, 7) is 1.71. The molecular formula is C13H16FN3. The number of para-hydroxylation sites is 1. The first kappa shape index (κ1) is 11.9. The van der Waals surface area contributed by atoms with Crippen molar-refractivity contribution in [3.05, 3.63) is 30.1 Å². The van der Waals surface area contributed by atoms with Crippen LogP contribution in [0.1, 0.15) is 12.8 Å². The third-order valence-electron chi connectivity index (χ3n) is 3.30. The molecule has 0 atom stereocenters. The van der Waals surface area contributed by atoms with Crippen LogP contribution in [0, 0.1) is 17.1 Å². The molecule has 1 N–H and O–H groups in total. The lowest BCUT2D eigenvalue weighted by Crippen LogP contribution is -2.47. The van der Waals surface area contributed by atoms with Crippen LogP contribution in [0.4, 0.5) is 10.1 Å². The first-order chi connectivity index (χ1) is 8.15. The van der Waals surface area contributed by atoms with Crippen molar-refractivity contribution in [2.75, 3.05) is 25.5 Å². The Balaban J connectivity index is 2.16. The first-order valence-corrected chi connectivity index (χ1v) is 5.78. The van der Waals surface area contributed by atoms with Gasteiger partial charge in [0.05, 0.1) is 11.8 Å². The van der Waals surface area contributed by atoms with Gasteiger partial charge in [-0.1, -0.05) is 12.1 Å². The second-order valence-electron chi connectivity index (χ2n) is 4.60. The summed E-state index contributed by atoms with van der Waals surface area (Å²) in [5.41, 5.74) is -0.215. The maximum atomic E-state index is 13.5. The van der Waals surface area contributed by atoms with Crippen molar-refractivity contribution in [2.45, 2.75) is 18.4 Å². The predicted molar refractivity (Wildman–Crippen MR) is 65.1 cm³/mol. The standard InChI is InChI=1S/C13H16FN3/c1-17-8-6-13(10-15,7-9-17)16-12-5-3-2-4-11(12)14/h2-5,16H,6-9H2,1H3. The van der Waals surface area contributed by atoms with Crippen molar-refractivity contribution >= 4 is 5.69 Å². The monoisotopic (exact) mass is 233 g/mol. The van der Waals surface area contributed by atoms with Crippen LogP contribution in [-0.2, 0) is 0 Å². The fourth-order valence-corrected chi connectivity index (χ4v) is 2.09. The maximum absolute atomic E-state index is 13.5. The summed E-state index contributed by atoms with van der Waals surface area (Å²) in [5.74, 6) is -0.305. The van der Waals surface area contributed by atoms with Crippen LogP contribution in [-0.4, -0.2) is 30.6 Å². The van der Waals surface area contributed by atoms with Gasteiger partial charge in [-0.3, -0.25) is 0 Å². The Kier molecular flexibility index (Phi) is 3.30. The van der Waals surface area contributed by atoms with Gasteiger partial charge in [0, 0.05) is 13.1 Å². The number of nitriles is 1. The highest BCUT2D eigenvalue weighted by molar-refractivity contribution is 5.49. The largest absolute Gasteiger partial charge is 0.365 e. The summed E-state index contributed by atoms with van der Waals surface area (Å²) < 4.78 is 13.5. The third-order valence-corrected chi connectivity index (χ3v) is 3.30. The smallest absolute Gasteiger partial charge is 0.146 e. The van der Waals surface area contributed by atoms with Crippen molar-refractivity contribution in [1.82, 2.24) is 4.90 Å². The molecule has 0 aliphatic carbocycles. The molecule has 0 radical (unpaired) electrons. The Morgan fingerprint density at radius 3 is 2.59 bits per heavy atom. The van der Waals surface area contributed by atoms with Gasteiger partial charge in [-0.15, -0.1) is 0 Å². The molecule has 1 heterocycles. The minimum absolute atomic E-state index is 0.305. The van der Waals surface area contributed by atoms with E-state index < -0.39 is 5.54 Å². The number of benzene rings is 1. The average molecular weight is 233 g/mol. The quantitative estimate of drug-likeness (QED) is 0.851. The third kappa shape index (κ3) is 2.56. The van der Waals surface area contributed by atoms with Gasteiger partial charge < -0.3 is 10.2 Å². The van der Waals surface area contributed by atoms with E-state index in [0.29, 0.717) is 18.5 Å². The van der Waals surface area contributed by atoms with E-state index in [1.165, 1.54) is 6.07 Å². The summed E-state index contributed by atoms with van der Waals surface area (Å²) in [6.07, 6.45) is 1.43. The van der Waals surface area contributed by atoms with Crippen molar-refractivity contribution in [2.24, 2.45) is 0 Å². The van der Waals surface area contributed by atoms with E-state index in [0.717, 1.165) is 13.1 Å². The average Bonchev–Trinajstić information content (AvgIpc) is 2.35. The van der Waals surface area contributed by atoms with Crippen LogP contribution in [0.3, 0.4) is 0 Å². The lowest BCUT2D eigenvalue weighted by Gasteiger charge is -2.36. The molecule has 17 heavy (non-hydrogen) atoms. The second-order valence-corrected chi connectivity index (χ2v) is 4.60. The number of likely N-dealkylation sites (tertiary alicyclic amines) is 1. The van der Waals surface area contributed by atoms with Gasteiger partial charge in [0.2, 0.25) is 0 Å². The highest BCUT2D eigenvalue weighted by Crippen LogP contribution is 2.27. The molecule has 90 valence electrons. The summed E-state index contributed by atoms with van der Waals surface area (Å²) in [6, 6.07) is 8.80. The zero-order valence-electron chi connectivity index (χ0n) is 9.91. The molecule has 0 bridgehead atoms. The van der Waals surface area contributed by atoms with E-state index in [1.54, 1.807) is 18.2 Å². The minimum atomic E-state index is -0.630. The number of nitrogens with zero attached hydrogens (tertiary/aromatic N) is 2. The van der Waals surface area contributed by atoms with Gasteiger partial charge in [0.15, 0.2) is 0 Å². The Morgan fingerprint density at radius 1 is 1.35 bits per heavy atom. The van der Waals surface area contributed by atoms with Crippen LogP contribution in [0.25, 0.3) is 0 Å². The molecule has 0 saturated carbocycles. The van der Waals surface area contributed by atoms with Gasteiger partial charge in [-0.2, -0.15) is 5.26 Å². The molecule has 3 nitrogen and oxygen atoms in total. The van der Waals surface area contributed by atoms with Crippen LogP contribution in [0.2, 0.25) is 0 Å². The predicted octanol–water partition coefficient (Wildman–Crippen LogP) is 2.23. The molecule has 0 aromatic heterocycles. The van der Waals surface area contributed by atoms with Gasteiger partial charge in [0.25, 0.3) is 0 Å². The molecule has 0 unspecified atom stereocenters. The van der Waals surface area contributed by atoms with Crippen molar-refractivity contribution in [3.63, 3.8) is 0 Å². The molecule has 1 aromatic rings. The van der Waals surface area contributed by atoms with Gasteiger partial charge >= 0.3 is 0 Å². The van der Waals surface area contributed by atoms with Crippen LogP contribution >= 0.6 is 0 Å². The molecule has 4 heteroatoms. The van der Waals surface area contributed by atoms with Crippen LogP contribution in [0.15, 0.2) is 24.3 Å². The number of rotatable bonds is 2. The van der Waals surface area contributed by atoms with E-state index in [9.17, 15) is 9.65 Å². The summed E-state index contributed by atoms with van der Waals surface area (Å²) >= 11 is 0. The highest BCUT2D eigenvalue weighted by Gasteiger charge is 2.34. The molecule has 2 rings (SSSR count). The van der Waals surface area contributed by atoms with Gasteiger partial charge in [-0.05, 0) is 32.0 Å². The Morgan fingerprint density at radius 2 is 2.00 bits per heavy atom. The highest BCUT2D eigenvalue weighted by atomic mass is 19.1. The lowest BCUT2D eigenvalue weighted by atomic mass is 9.89. The Bertz CT molecular complexity index is 431. The molecule has 0 amide bonds. The van der Waals surface area contributed by atoms with E-state index in [4.69, 9.17) is 0 Å². The summed E-state index contributed by atoms with van der Waals surface area (Å²) in [7, 11) is 2.03. The van der Waals surface area contributed by atoms with Gasteiger partial charge in [-0.25, -0.2) is 4.39 Å². The molecule has 0 spiro atoms. The van der Waals surface area contributed by atoms with E-state index >= 15 is 0 Å². The molecule has 1 fully saturated rings. The zero-order chi connectivity index (χ0) is 12.3. The SMILES string of the molecule is CN1CCC(C#N)(Nc2ccccc2F)CC1. The molecular weight excluding hydrogens is 217 g/mol. The Labute approximate surface area is 101 Å². The van der Waals surface area contributed by atoms with E-state index in [1.807, 2.05) is 7.05 Å². The fourth-order valence-electron chi connectivity index (χ4n) is 2.09. The molecule has 1 aliphatic rings. The number of halogens is 1. The van der Waals surface area contributed by atoms with Crippen molar-refractivity contribution in [3.8, 4) is 6.07 Å². The molecule has 1 saturated heterocycles. The van der Waals surface area contributed by atoms with Crippen LogP contribution < -0.4 is 5.32 Å². The Hall–Kier alpha value is -1.60. The van der Waals surface area contributed by atoms with Crippen LogP contribution in [0.5, 0.6) is 0 Å². The van der Waals surface area contributed by atoms with Crippen molar-refractivity contribution < 1.29 is 4.39 Å².